The molecule has 4 saturated carbocycles. The molecule has 3 nitrogen and oxygen atoms in total. The van der Waals surface area contributed by atoms with Gasteiger partial charge in [-0.3, -0.25) is 9.59 Å². The zero-order chi connectivity index (χ0) is 14.4. The lowest BCUT2D eigenvalue weighted by Crippen LogP contribution is -2.22. The molecule has 0 aromatic heterocycles. The van der Waals surface area contributed by atoms with Crippen molar-refractivity contribution in [3.63, 3.8) is 0 Å². The van der Waals surface area contributed by atoms with E-state index in [9.17, 15) is 9.59 Å². The van der Waals surface area contributed by atoms with E-state index in [1.54, 1.807) is 0 Å². The Morgan fingerprint density at radius 3 is 1.52 bits per heavy atom. The average molecular weight is 290 g/mol. The van der Waals surface area contributed by atoms with E-state index in [-0.39, 0.29) is 11.9 Å². The molecule has 0 aliphatic heterocycles. The van der Waals surface area contributed by atoms with Crippen molar-refractivity contribution in [3.05, 3.63) is 0 Å². The lowest BCUT2D eigenvalue weighted by molar-refractivity contribution is -0.161. The van der Waals surface area contributed by atoms with Crippen LogP contribution >= 0.6 is 0 Å². The van der Waals surface area contributed by atoms with Crippen LogP contribution in [0.3, 0.4) is 0 Å². The first kappa shape index (κ1) is 13.8. The molecule has 4 bridgehead atoms. The minimum atomic E-state index is -0.263. The summed E-state index contributed by atoms with van der Waals surface area (Å²) in [5, 5.41) is 0. The third-order valence-electron chi connectivity index (χ3n) is 6.85. The highest BCUT2D eigenvalue weighted by molar-refractivity contribution is 5.85. The second kappa shape index (κ2) is 5.40. The maximum Gasteiger partial charge on any atom is 0.313 e. The zero-order valence-electron chi connectivity index (χ0n) is 12.8. The number of ether oxygens (including phenoxy) is 1. The summed E-state index contributed by atoms with van der Waals surface area (Å²) in [5.74, 6) is 3.60. The van der Waals surface area contributed by atoms with Crippen LogP contribution in [-0.2, 0) is 14.3 Å². The highest BCUT2D eigenvalue weighted by atomic mass is 16.6. The minimum absolute atomic E-state index is 0.263. The molecule has 4 fully saturated rings. The number of esters is 2. The quantitative estimate of drug-likeness (QED) is 0.585. The Bertz CT molecular complexity index is 404. The van der Waals surface area contributed by atoms with Crippen LogP contribution in [0.4, 0.5) is 0 Å². The highest BCUT2D eigenvalue weighted by Crippen LogP contribution is 2.50. The summed E-state index contributed by atoms with van der Waals surface area (Å²) in [6, 6.07) is 0. The summed E-state index contributed by atoms with van der Waals surface area (Å²) in [4.78, 5) is 24.0. The predicted molar refractivity (Wildman–Crippen MR) is 78.2 cm³/mol. The van der Waals surface area contributed by atoms with E-state index in [1.807, 2.05) is 0 Å². The smallest absolute Gasteiger partial charge is 0.313 e. The number of fused-ring (bicyclic) bond motifs is 4. The van der Waals surface area contributed by atoms with Crippen LogP contribution < -0.4 is 0 Å². The average Bonchev–Trinajstić information content (AvgIpc) is 3.18. The van der Waals surface area contributed by atoms with E-state index in [1.165, 1.54) is 51.4 Å². The first-order valence-electron chi connectivity index (χ1n) is 8.91. The Hall–Kier alpha value is -0.860. The standard InChI is InChI=1S/C18H26O3/c19-17(9-15-7-11-1-3-13(15)5-11)21-18(20)10-16-8-12-2-4-14(16)6-12/h11-16H,1-10H2. The fourth-order valence-corrected chi connectivity index (χ4v) is 5.89. The molecule has 0 saturated heterocycles. The highest BCUT2D eigenvalue weighted by Gasteiger charge is 2.42. The topological polar surface area (TPSA) is 43.4 Å². The summed E-state index contributed by atoms with van der Waals surface area (Å²) < 4.78 is 5.11. The molecule has 0 spiro atoms. The maximum atomic E-state index is 12.0. The van der Waals surface area contributed by atoms with Crippen LogP contribution in [-0.4, -0.2) is 11.9 Å². The van der Waals surface area contributed by atoms with Gasteiger partial charge in [0.25, 0.3) is 0 Å². The molecule has 0 radical (unpaired) electrons. The van der Waals surface area contributed by atoms with Crippen molar-refractivity contribution < 1.29 is 14.3 Å². The largest absolute Gasteiger partial charge is 0.393 e. The van der Waals surface area contributed by atoms with Crippen LogP contribution in [0.25, 0.3) is 0 Å². The van der Waals surface area contributed by atoms with Crippen molar-refractivity contribution in [1.82, 2.24) is 0 Å². The molecule has 0 heterocycles. The summed E-state index contributed by atoms with van der Waals surface area (Å²) >= 11 is 0. The molecule has 116 valence electrons. The van der Waals surface area contributed by atoms with Crippen LogP contribution in [0.2, 0.25) is 0 Å². The second-order valence-corrected chi connectivity index (χ2v) is 8.12. The molecule has 4 rings (SSSR count). The fourth-order valence-electron chi connectivity index (χ4n) is 5.89. The van der Waals surface area contributed by atoms with Gasteiger partial charge < -0.3 is 4.74 Å². The molecular formula is C18H26O3. The molecule has 6 atom stereocenters. The Morgan fingerprint density at radius 2 is 1.19 bits per heavy atom. The van der Waals surface area contributed by atoms with E-state index in [0.29, 0.717) is 24.7 Å². The molecule has 4 aliphatic rings. The Labute approximate surface area is 126 Å². The molecule has 0 amide bonds. The van der Waals surface area contributed by atoms with E-state index in [0.717, 1.165) is 23.7 Å². The van der Waals surface area contributed by atoms with E-state index < -0.39 is 0 Å². The van der Waals surface area contributed by atoms with Crippen LogP contribution in [0.1, 0.15) is 64.2 Å². The van der Waals surface area contributed by atoms with Crippen LogP contribution in [0.15, 0.2) is 0 Å². The number of carbonyl (C=O) groups is 2. The molecule has 0 N–H and O–H groups in total. The third kappa shape index (κ3) is 2.76. The lowest BCUT2D eigenvalue weighted by Gasteiger charge is -2.21. The predicted octanol–water partition coefficient (Wildman–Crippen LogP) is 3.71. The molecule has 0 aromatic rings. The van der Waals surface area contributed by atoms with Gasteiger partial charge in [-0.1, -0.05) is 12.8 Å². The summed E-state index contributed by atoms with van der Waals surface area (Å²) in [6.07, 6.45) is 11.2. The van der Waals surface area contributed by atoms with Gasteiger partial charge in [0.15, 0.2) is 0 Å². The van der Waals surface area contributed by atoms with Gasteiger partial charge in [-0.15, -0.1) is 0 Å². The fraction of sp³-hybridized carbons (Fsp3) is 0.889. The number of rotatable bonds is 4. The SMILES string of the molecule is O=C(CC1CC2CCC1C2)OC(=O)CC1CC2CCC1C2. The third-order valence-corrected chi connectivity index (χ3v) is 6.85. The first-order valence-corrected chi connectivity index (χ1v) is 8.91. The molecule has 0 aromatic carbocycles. The van der Waals surface area contributed by atoms with Crippen molar-refractivity contribution in [3.8, 4) is 0 Å². The number of carbonyl (C=O) groups excluding carboxylic acids is 2. The maximum absolute atomic E-state index is 12.0. The Morgan fingerprint density at radius 1 is 0.714 bits per heavy atom. The van der Waals surface area contributed by atoms with Crippen molar-refractivity contribution >= 4 is 11.9 Å². The van der Waals surface area contributed by atoms with Gasteiger partial charge in [-0.25, -0.2) is 0 Å². The summed E-state index contributed by atoms with van der Waals surface area (Å²) in [7, 11) is 0. The van der Waals surface area contributed by atoms with E-state index in [2.05, 4.69) is 0 Å². The van der Waals surface area contributed by atoms with E-state index in [4.69, 9.17) is 4.74 Å². The minimum Gasteiger partial charge on any atom is -0.393 e. The van der Waals surface area contributed by atoms with Gasteiger partial charge in [0.05, 0.1) is 0 Å². The molecule has 6 unspecified atom stereocenters. The lowest BCUT2D eigenvalue weighted by atomic mass is 9.86. The second-order valence-electron chi connectivity index (χ2n) is 8.12. The normalized spacial score (nSPS) is 43.4. The Kier molecular flexibility index (Phi) is 3.55. The number of hydrogen-bond donors (Lipinski definition) is 0. The van der Waals surface area contributed by atoms with E-state index >= 15 is 0 Å². The van der Waals surface area contributed by atoms with Gasteiger partial charge in [-0.2, -0.15) is 0 Å². The van der Waals surface area contributed by atoms with Crippen LogP contribution in [0, 0.1) is 35.5 Å². The summed E-state index contributed by atoms with van der Waals surface area (Å²) in [5.41, 5.74) is 0. The zero-order valence-corrected chi connectivity index (χ0v) is 12.8. The van der Waals surface area contributed by atoms with Gasteiger partial charge >= 0.3 is 11.9 Å². The summed E-state index contributed by atoms with van der Waals surface area (Å²) in [6.45, 7) is 0. The molecule has 3 heteroatoms. The first-order chi connectivity index (χ1) is 10.2. The van der Waals surface area contributed by atoms with Gasteiger partial charge in [0.1, 0.15) is 0 Å². The van der Waals surface area contributed by atoms with Gasteiger partial charge in [-0.05, 0) is 74.0 Å². The van der Waals surface area contributed by atoms with Gasteiger partial charge in [0, 0.05) is 12.8 Å². The van der Waals surface area contributed by atoms with Crippen molar-refractivity contribution in [2.24, 2.45) is 35.5 Å². The molecule has 21 heavy (non-hydrogen) atoms. The van der Waals surface area contributed by atoms with Crippen LogP contribution in [0.5, 0.6) is 0 Å². The van der Waals surface area contributed by atoms with Crippen molar-refractivity contribution in [1.29, 1.82) is 0 Å². The molecule has 4 aliphatic carbocycles. The Balaban J connectivity index is 1.22. The number of hydrogen-bond acceptors (Lipinski definition) is 3. The molecular weight excluding hydrogens is 264 g/mol. The van der Waals surface area contributed by atoms with Gasteiger partial charge in [0.2, 0.25) is 0 Å². The van der Waals surface area contributed by atoms with Crippen molar-refractivity contribution in [2.45, 2.75) is 64.2 Å². The van der Waals surface area contributed by atoms with Crippen molar-refractivity contribution in [2.75, 3.05) is 0 Å². The monoisotopic (exact) mass is 290 g/mol.